The fraction of sp³-hybridized carbons (Fsp3) is 0.800. The zero-order valence-electron chi connectivity index (χ0n) is 5.67. The van der Waals surface area contributed by atoms with Crippen LogP contribution < -0.4 is 17.2 Å². The first-order valence-corrected chi connectivity index (χ1v) is 2.94. The SMILES string of the molecule is CC(N)CCN=C(N)N. The zero-order chi connectivity index (χ0) is 7.28. The lowest BCUT2D eigenvalue weighted by molar-refractivity contribution is 0.676. The molecule has 0 radical (unpaired) electrons. The first kappa shape index (κ1) is 8.23. The molecule has 0 aromatic rings. The molecule has 4 heteroatoms. The molecular formula is C5H14N4. The average molecular weight is 130 g/mol. The summed E-state index contributed by atoms with van der Waals surface area (Å²) in [5.41, 5.74) is 15.6. The van der Waals surface area contributed by atoms with E-state index in [0.717, 1.165) is 6.42 Å². The second-order valence-electron chi connectivity index (χ2n) is 2.07. The summed E-state index contributed by atoms with van der Waals surface area (Å²) in [5.74, 6) is 0.135. The van der Waals surface area contributed by atoms with Gasteiger partial charge in [0.25, 0.3) is 0 Å². The Balaban J connectivity index is 3.20. The van der Waals surface area contributed by atoms with Gasteiger partial charge in [-0.15, -0.1) is 0 Å². The lowest BCUT2D eigenvalue weighted by atomic mass is 10.3. The third kappa shape index (κ3) is 7.23. The van der Waals surface area contributed by atoms with Gasteiger partial charge in [0, 0.05) is 12.6 Å². The second kappa shape index (κ2) is 4.14. The highest BCUT2D eigenvalue weighted by atomic mass is 15.0. The van der Waals surface area contributed by atoms with Crippen LogP contribution in [0.4, 0.5) is 0 Å². The van der Waals surface area contributed by atoms with E-state index in [1.165, 1.54) is 0 Å². The van der Waals surface area contributed by atoms with E-state index < -0.39 is 0 Å². The van der Waals surface area contributed by atoms with Crippen LogP contribution >= 0.6 is 0 Å². The molecule has 0 aromatic carbocycles. The molecule has 0 aliphatic rings. The van der Waals surface area contributed by atoms with Gasteiger partial charge >= 0.3 is 0 Å². The molecule has 1 atom stereocenters. The van der Waals surface area contributed by atoms with Gasteiger partial charge in [0.2, 0.25) is 0 Å². The highest BCUT2D eigenvalue weighted by Gasteiger charge is 1.90. The molecule has 0 bridgehead atoms. The molecule has 9 heavy (non-hydrogen) atoms. The van der Waals surface area contributed by atoms with Gasteiger partial charge in [-0.05, 0) is 13.3 Å². The molecule has 4 nitrogen and oxygen atoms in total. The molecule has 6 N–H and O–H groups in total. The molecule has 0 aliphatic carbocycles. The predicted molar refractivity (Wildman–Crippen MR) is 38.9 cm³/mol. The molecule has 0 amide bonds. The Hall–Kier alpha value is -0.770. The van der Waals surface area contributed by atoms with E-state index in [2.05, 4.69) is 4.99 Å². The summed E-state index contributed by atoms with van der Waals surface area (Å²) in [4.78, 5) is 3.76. The smallest absolute Gasteiger partial charge is 0.185 e. The first-order chi connectivity index (χ1) is 4.13. The van der Waals surface area contributed by atoms with Gasteiger partial charge in [0.05, 0.1) is 0 Å². The molecule has 0 spiro atoms. The maximum Gasteiger partial charge on any atom is 0.185 e. The molecule has 0 saturated carbocycles. The maximum absolute atomic E-state index is 5.43. The molecule has 0 saturated heterocycles. The fourth-order valence-electron chi connectivity index (χ4n) is 0.397. The van der Waals surface area contributed by atoms with Gasteiger partial charge in [0.1, 0.15) is 0 Å². The topological polar surface area (TPSA) is 90.4 Å². The minimum Gasteiger partial charge on any atom is -0.370 e. The lowest BCUT2D eigenvalue weighted by Crippen LogP contribution is -2.24. The summed E-state index contributed by atoms with van der Waals surface area (Å²) in [6.07, 6.45) is 0.831. The van der Waals surface area contributed by atoms with Crippen molar-refractivity contribution in [1.29, 1.82) is 0 Å². The molecular weight excluding hydrogens is 116 g/mol. The monoisotopic (exact) mass is 130 g/mol. The van der Waals surface area contributed by atoms with Crippen LogP contribution in [0.25, 0.3) is 0 Å². The van der Waals surface area contributed by atoms with E-state index in [9.17, 15) is 0 Å². The molecule has 0 heterocycles. The maximum atomic E-state index is 5.43. The predicted octanol–water partition coefficient (Wildman–Crippen LogP) is -1.00. The Bertz CT molecular complexity index is 93.1. The summed E-state index contributed by atoms with van der Waals surface area (Å²) in [6, 6.07) is 0.174. The van der Waals surface area contributed by atoms with Gasteiger partial charge in [-0.2, -0.15) is 0 Å². The van der Waals surface area contributed by atoms with Crippen LogP contribution in [0.5, 0.6) is 0 Å². The number of aliphatic imine (C=N–C) groups is 1. The number of hydrogen-bond donors (Lipinski definition) is 3. The zero-order valence-corrected chi connectivity index (χ0v) is 5.67. The van der Waals surface area contributed by atoms with Crippen LogP contribution in [0.3, 0.4) is 0 Å². The number of guanidine groups is 1. The van der Waals surface area contributed by atoms with E-state index in [0.29, 0.717) is 6.54 Å². The van der Waals surface area contributed by atoms with E-state index >= 15 is 0 Å². The van der Waals surface area contributed by atoms with E-state index in [-0.39, 0.29) is 12.0 Å². The lowest BCUT2D eigenvalue weighted by Gasteiger charge is -1.99. The number of nitrogens with two attached hydrogens (primary N) is 3. The van der Waals surface area contributed by atoms with Gasteiger partial charge in [-0.25, -0.2) is 0 Å². The van der Waals surface area contributed by atoms with Gasteiger partial charge in [-0.1, -0.05) is 0 Å². The van der Waals surface area contributed by atoms with Crippen molar-refractivity contribution in [2.45, 2.75) is 19.4 Å². The van der Waals surface area contributed by atoms with Gasteiger partial charge < -0.3 is 17.2 Å². The largest absolute Gasteiger partial charge is 0.370 e. The van der Waals surface area contributed by atoms with Crippen molar-refractivity contribution in [3.63, 3.8) is 0 Å². The Morgan fingerprint density at radius 3 is 2.44 bits per heavy atom. The fourth-order valence-corrected chi connectivity index (χ4v) is 0.397. The number of nitrogens with zero attached hydrogens (tertiary/aromatic N) is 1. The summed E-state index contributed by atoms with van der Waals surface area (Å²) in [6.45, 7) is 2.54. The van der Waals surface area contributed by atoms with Crippen molar-refractivity contribution in [2.24, 2.45) is 22.2 Å². The van der Waals surface area contributed by atoms with Gasteiger partial charge in [0.15, 0.2) is 5.96 Å². The summed E-state index contributed by atoms with van der Waals surface area (Å²) in [5, 5.41) is 0. The van der Waals surface area contributed by atoms with Crippen molar-refractivity contribution in [3.05, 3.63) is 0 Å². The first-order valence-electron chi connectivity index (χ1n) is 2.94. The van der Waals surface area contributed by atoms with Crippen LogP contribution in [-0.2, 0) is 0 Å². The van der Waals surface area contributed by atoms with Crippen LogP contribution in [0.15, 0.2) is 4.99 Å². The highest BCUT2D eigenvalue weighted by molar-refractivity contribution is 5.75. The summed E-state index contributed by atoms with van der Waals surface area (Å²) in [7, 11) is 0. The van der Waals surface area contributed by atoms with Crippen molar-refractivity contribution in [3.8, 4) is 0 Å². The second-order valence-corrected chi connectivity index (χ2v) is 2.07. The highest BCUT2D eigenvalue weighted by Crippen LogP contribution is 1.84. The van der Waals surface area contributed by atoms with Crippen LogP contribution in [0, 0.1) is 0 Å². The molecule has 54 valence electrons. The Kier molecular flexibility index (Phi) is 3.79. The quantitative estimate of drug-likeness (QED) is 0.338. The van der Waals surface area contributed by atoms with Crippen molar-refractivity contribution < 1.29 is 0 Å². The molecule has 0 aromatic heterocycles. The molecule has 0 aliphatic heterocycles. The van der Waals surface area contributed by atoms with E-state index in [4.69, 9.17) is 17.2 Å². The minimum absolute atomic E-state index is 0.135. The third-order valence-electron chi connectivity index (χ3n) is 0.879. The number of hydrogen-bond acceptors (Lipinski definition) is 2. The van der Waals surface area contributed by atoms with Crippen molar-refractivity contribution in [2.75, 3.05) is 6.54 Å². The molecule has 0 rings (SSSR count). The van der Waals surface area contributed by atoms with Crippen molar-refractivity contribution in [1.82, 2.24) is 0 Å². The third-order valence-corrected chi connectivity index (χ3v) is 0.879. The standard InChI is InChI=1S/C5H14N4/c1-4(6)2-3-9-5(7)8/h4H,2-3,6H2,1H3,(H4,7,8,9). The summed E-state index contributed by atoms with van der Waals surface area (Å²) < 4.78 is 0. The van der Waals surface area contributed by atoms with Crippen LogP contribution in [-0.4, -0.2) is 18.5 Å². The Morgan fingerprint density at radius 1 is 1.56 bits per heavy atom. The molecule has 1 unspecified atom stereocenters. The van der Waals surface area contributed by atoms with E-state index in [1.54, 1.807) is 0 Å². The number of rotatable bonds is 3. The molecule has 0 fully saturated rings. The van der Waals surface area contributed by atoms with E-state index in [1.807, 2.05) is 6.92 Å². The van der Waals surface area contributed by atoms with Gasteiger partial charge in [-0.3, -0.25) is 4.99 Å². The summed E-state index contributed by atoms with van der Waals surface area (Å²) >= 11 is 0. The van der Waals surface area contributed by atoms with Crippen LogP contribution in [0.2, 0.25) is 0 Å². The average Bonchev–Trinajstić information content (AvgIpc) is 1.63. The minimum atomic E-state index is 0.135. The normalized spacial score (nSPS) is 12.7. The van der Waals surface area contributed by atoms with Crippen LogP contribution in [0.1, 0.15) is 13.3 Å². The Labute approximate surface area is 55.1 Å². The van der Waals surface area contributed by atoms with Crippen molar-refractivity contribution >= 4 is 5.96 Å². The Morgan fingerprint density at radius 2 is 2.11 bits per heavy atom.